The van der Waals surface area contributed by atoms with Crippen molar-refractivity contribution in [1.82, 2.24) is 9.55 Å². The Hall–Kier alpha value is -3.02. The Morgan fingerprint density at radius 3 is 2.72 bits per heavy atom. The molecule has 3 aromatic rings. The van der Waals surface area contributed by atoms with Crippen molar-refractivity contribution in [2.24, 2.45) is 17.8 Å². The molecule has 3 N–H and O–H groups in total. The number of aryl methyl sites for hydroxylation is 3. The van der Waals surface area contributed by atoms with E-state index < -0.39 is 0 Å². The molecule has 0 bridgehead atoms. The predicted octanol–water partition coefficient (Wildman–Crippen LogP) is 3.13. The van der Waals surface area contributed by atoms with Gasteiger partial charge in [0, 0.05) is 18.8 Å². The molecule has 0 atom stereocenters. The Morgan fingerprint density at radius 2 is 2.00 bits per heavy atom. The zero-order chi connectivity index (χ0) is 18.0. The van der Waals surface area contributed by atoms with Gasteiger partial charge in [-0.25, -0.2) is 9.98 Å². The third-order valence-electron chi connectivity index (χ3n) is 4.35. The summed E-state index contributed by atoms with van der Waals surface area (Å²) in [4.78, 5) is 9.03. The number of methoxy groups -OCH3 is 1. The first kappa shape index (κ1) is 16.8. The van der Waals surface area contributed by atoms with Crippen LogP contribution < -0.4 is 15.8 Å². The number of aliphatic imine (C=N–C) groups is 1. The molecule has 0 spiro atoms. The third kappa shape index (κ3) is 3.57. The lowest BCUT2D eigenvalue weighted by Crippen LogP contribution is -2.22. The SMILES string of the molecule is COc1ccc2c(c1)nc(CN=C(N)Nc1ccc(C)c(C)c1)n2C. The molecule has 0 fully saturated rings. The van der Waals surface area contributed by atoms with E-state index in [2.05, 4.69) is 41.3 Å². The molecule has 6 nitrogen and oxygen atoms in total. The van der Waals surface area contributed by atoms with Crippen molar-refractivity contribution in [3.8, 4) is 5.75 Å². The standard InChI is InChI=1S/C19H23N5O/c1-12-5-6-14(9-13(12)2)22-19(20)21-11-18-23-16-10-15(25-4)7-8-17(16)24(18)3/h5-10H,11H2,1-4H3,(H3,20,21,22). The van der Waals surface area contributed by atoms with Crippen LogP contribution in [-0.2, 0) is 13.6 Å². The van der Waals surface area contributed by atoms with E-state index in [1.807, 2.05) is 35.9 Å². The number of ether oxygens (including phenoxy) is 1. The third-order valence-corrected chi connectivity index (χ3v) is 4.35. The molecular formula is C19H23N5O. The van der Waals surface area contributed by atoms with Gasteiger partial charge in [-0.1, -0.05) is 6.07 Å². The summed E-state index contributed by atoms with van der Waals surface area (Å²) in [5.41, 5.74) is 11.3. The maximum atomic E-state index is 6.01. The summed E-state index contributed by atoms with van der Waals surface area (Å²) in [5.74, 6) is 2.00. The fourth-order valence-corrected chi connectivity index (χ4v) is 2.66. The molecule has 2 aromatic carbocycles. The average Bonchev–Trinajstić information content (AvgIpc) is 2.91. The second-order valence-electron chi connectivity index (χ2n) is 6.07. The smallest absolute Gasteiger partial charge is 0.193 e. The van der Waals surface area contributed by atoms with E-state index in [1.54, 1.807) is 7.11 Å². The predicted molar refractivity (Wildman–Crippen MR) is 102 cm³/mol. The number of hydrogen-bond donors (Lipinski definition) is 2. The molecule has 130 valence electrons. The molecule has 0 aliphatic rings. The number of nitrogens with one attached hydrogen (secondary N) is 1. The number of hydrogen-bond acceptors (Lipinski definition) is 3. The molecule has 1 aromatic heterocycles. The monoisotopic (exact) mass is 337 g/mol. The maximum absolute atomic E-state index is 6.01. The summed E-state index contributed by atoms with van der Waals surface area (Å²) in [7, 11) is 3.62. The van der Waals surface area contributed by atoms with E-state index in [1.165, 1.54) is 11.1 Å². The summed E-state index contributed by atoms with van der Waals surface area (Å²) >= 11 is 0. The highest BCUT2D eigenvalue weighted by atomic mass is 16.5. The average molecular weight is 337 g/mol. The van der Waals surface area contributed by atoms with Crippen molar-refractivity contribution in [2.45, 2.75) is 20.4 Å². The van der Waals surface area contributed by atoms with Gasteiger partial charge in [0.1, 0.15) is 18.1 Å². The molecule has 0 radical (unpaired) electrons. The molecule has 0 saturated carbocycles. The number of nitrogens with zero attached hydrogens (tertiary/aromatic N) is 3. The van der Waals surface area contributed by atoms with Crippen LogP contribution >= 0.6 is 0 Å². The first-order valence-electron chi connectivity index (χ1n) is 8.11. The molecule has 0 amide bonds. The van der Waals surface area contributed by atoms with Crippen LogP contribution in [0.1, 0.15) is 17.0 Å². The maximum Gasteiger partial charge on any atom is 0.193 e. The lowest BCUT2D eigenvalue weighted by Gasteiger charge is -2.08. The van der Waals surface area contributed by atoms with Crippen LogP contribution in [0.5, 0.6) is 5.75 Å². The number of rotatable bonds is 4. The molecule has 0 unspecified atom stereocenters. The molecule has 1 heterocycles. The van der Waals surface area contributed by atoms with E-state index >= 15 is 0 Å². The fraction of sp³-hybridized carbons (Fsp3) is 0.263. The highest BCUT2D eigenvalue weighted by Crippen LogP contribution is 2.21. The number of aromatic nitrogens is 2. The first-order valence-corrected chi connectivity index (χ1v) is 8.11. The number of anilines is 1. The van der Waals surface area contributed by atoms with Crippen molar-refractivity contribution in [3.63, 3.8) is 0 Å². The van der Waals surface area contributed by atoms with Gasteiger partial charge in [-0.15, -0.1) is 0 Å². The minimum atomic E-state index is 0.368. The van der Waals surface area contributed by atoms with Gasteiger partial charge in [0.25, 0.3) is 0 Å². The van der Waals surface area contributed by atoms with E-state index in [-0.39, 0.29) is 0 Å². The quantitative estimate of drug-likeness (QED) is 0.566. The van der Waals surface area contributed by atoms with Crippen molar-refractivity contribution >= 4 is 22.7 Å². The summed E-state index contributed by atoms with van der Waals surface area (Å²) in [5, 5.41) is 3.12. The Kier molecular flexibility index (Phi) is 4.61. The lowest BCUT2D eigenvalue weighted by molar-refractivity contribution is 0.415. The van der Waals surface area contributed by atoms with Gasteiger partial charge < -0.3 is 20.4 Å². The molecule has 0 saturated heterocycles. The van der Waals surface area contributed by atoms with Crippen molar-refractivity contribution < 1.29 is 4.74 Å². The number of imidazole rings is 1. The fourth-order valence-electron chi connectivity index (χ4n) is 2.66. The second kappa shape index (κ2) is 6.84. The molecular weight excluding hydrogens is 314 g/mol. The van der Waals surface area contributed by atoms with Crippen LogP contribution in [0.25, 0.3) is 11.0 Å². The Morgan fingerprint density at radius 1 is 1.20 bits per heavy atom. The summed E-state index contributed by atoms with van der Waals surface area (Å²) < 4.78 is 7.26. The Labute approximate surface area is 147 Å². The molecule has 0 aliphatic carbocycles. The zero-order valence-corrected chi connectivity index (χ0v) is 15.0. The van der Waals surface area contributed by atoms with Crippen LogP contribution in [-0.4, -0.2) is 22.6 Å². The van der Waals surface area contributed by atoms with Crippen LogP contribution in [0.2, 0.25) is 0 Å². The van der Waals surface area contributed by atoms with Gasteiger partial charge in [-0.2, -0.15) is 0 Å². The largest absolute Gasteiger partial charge is 0.497 e. The van der Waals surface area contributed by atoms with E-state index in [9.17, 15) is 0 Å². The van der Waals surface area contributed by atoms with Gasteiger partial charge in [-0.3, -0.25) is 0 Å². The summed E-state index contributed by atoms with van der Waals surface area (Å²) in [6, 6.07) is 11.9. The van der Waals surface area contributed by atoms with Gasteiger partial charge in [0.2, 0.25) is 0 Å². The molecule has 6 heteroatoms. The Bertz CT molecular complexity index is 942. The van der Waals surface area contributed by atoms with E-state index in [0.29, 0.717) is 12.5 Å². The zero-order valence-electron chi connectivity index (χ0n) is 15.0. The van der Waals surface area contributed by atoms with Crippen LogP contribution in [0.3, 0.4) is 0 Å². The van der Waals surface area contributed by atoms with Gasteiger partial charge in [0.05, 0.1) is 18.1 Å². The summed E-state index contributed by atoms with van der Waals surface area (Å²) in [6.07, 6.45) is 0. The number of fused-ring (bicyclic) bond motifs is 1. The minimum Gasteiger partial charge on any atom is -0.497 e. The molecule has 25 heavy (non-hydrogen) atoms. The van der Waals surface area contributed by atoms with Crippen molar-refractivity contribution in [3.05, 3.63) is 53.3 Å². The van der Waals surface area contributed by atoms with Gasteiger partial charge in [0.15, 0.2) is 5.96 Å². The topological polar surface area (TPSA) is 77.5 Å². The number of nitrogens with two attached hydrogens (primary N) is 1. The molecule has 0 aliphatic heterocycles. The number of guanidine groups is 1. The van der Waals surface area contributed by atoms with E-state index in [0.717, 1.165) is 28.3 Å². The van der Waals surface area contributed by atoms with Gasteiger partial charge in [-0.05, 0) is 49.2 Å². The lowest BCUT2D eigenvalue weighted by atomic mass is 10.1. The minimum absolute atomic E-state index is 0.368. The van der Waals surface area contributed by atoms with Crippen LogP contribution in [0, 0.1) is 13.8 Å². The number of benzene rings is 2. The van der Waals surface area contributed by atoms with Crippen molar-refractivity contribution in [1.29, 1.82) is 0 Å². The van der Waals surface area contributed by atoms with Crippen LogP contribution in [0.4, 0.5) is 5.69 Å². The van der Waals surface area contributed by atoms with E-state index in [4.69, 9.17) is 10.5 Å². The van der Waals surface area contributed by atoms with Crippen LogP contribution in [0.15, 0.2) is 41.4 Å². The normalized spacial score (nSPS) is 11.8. The Balaban J connectivity index is 1.77. The second-order valence-corrected chi connectivity index (χ2v) is 6.07. The first-order chi connectivity index (χ1) is 12.0. The summed E-state index contributed by atoms with van der Waals surface area (Å²) in [6.45, 7) is 4.55. The van der Waals surface area contributed by atoms with Gasteiger partial charge >= 0.3 is 0 Å². The highest BCUT2D eigenvalue weighted by Gasteiger charge is 2.08. The highest BCUT2D eigenvalue weighted by molar-refractivity contribution is 5.92. The van der Waals surface area contributed by atoms with Crippen molar-refractivity contribution in [2.75, 3.05) is 12.4 Å². The molecule has 3 rings (SSSR count).